The Bertz CT molecular complexity index is 1060. The molecule has 0 aliphatic heterocycles. The van der Waals surface area contributed by atoms with Gasteiger partial charge in [-0.05, 0) is 42.7 Å². The zero-order valence-corrected chi connectivity index (χ0v) is 20.5. The van der Waals surface area contributed by atoms with Crippen molar-refractivity contribution in [1.29, 1.82) is 0 Å². The average Bonchev–Trinajstić information content (AvgIpc) is 2.84. The maximum Gasteiger partial charge on any atom is 0.243 e. The van der Waals surface area contributed by atoms with Crippen molar-refractivity contribution < 1.29 is 14.0 Å². The summed E-state index contributed by atoms with van der Waals surface area (Å²) >= 11 is 1.53. The highest BCUT2D eigenvalue weighted by Crippen LogP contribution is 2.19. The summed E-state index contributed by atoms with van der Waals surface area (Å²) in [5, 5.41) is 2.88. The molecule has 6 heteroatoms. The molecule has 178 valence electrons. The van der Waals surface area contributed by atoms with E-state index in [9.17, 15) is 14.0 Å². The quantitative estimate of drug-likeness (QED) is 0.415. The fraction of sp³-hybridized carbons (Fsp3) is 0.286. The summed E-state index contributed by atoms with van der Waals surface area (Å²) in [4.78, 5) is 28.2. The molecule has 3 aromatic carbocycles. The molecule has 1 N–H and O–H groups in total. The minimum absolute atomic E-state index is 0.117. The highest BCUT2D eigenvalue weighted by atomic mass is 32.2. The number of amides is 2. The summed E-state index contributed by atoms with van der Waals surface area (Å²) in [5.41, 5.74) is 4.10. The van der Waals surface area contributed by atoms with Gasteiger partial charge in [-0.15, -0.1) is 11.8 Å². The van der Waals surface area contributed by atoms with Crippen molar-refractivity contribution in [3.63, 3.8) is 0 Å². The van der Waals surface area contributed by atoms with Crippen LogP contribution in [0, 0.1) is 12.7 Å². The third kappa shape index (κ3) is 7.73. The van der Waals surface area contributed by atoms with Crippen LogP contribution in [0.5, 0.6) is 0 Å². The topological polar surface area (TPSA) is 49.4 Å². The molecule has 0 aromatic heterocycles. The third-order valence-corrected chi connectivity index (χ3v) is 6.49. The number of nitrogens with one attached hydrogen (secondary N) is 1. The van der Waals surface area contributed by atoms with Gasteiger partial charge in [-0.3, -0.25) is 9.59 Å². The van der Waals surface area contributed by atoms with E-state index in [0.717, 1.165) is 16.7 Å². The molecule has 0 spiro atoms. The molecule has 1 atom stereocenters. The second kappa shape index (κ2) is 12.9. The molecule has 0 fully saturated rings. The van der Waals surface area contributed by atoms with E-state index in [0.29, 0.717) is 18.7 Å². The molecular formula is C28H31FN2O2S. The van der Waals surface area contributed by atoms with Crippen molar-refractivity contribution in [2.45, 2.75) is 38.6 Å². The van der Waals surface area contributed by atoms with Crippen LogP contribution < -0.4 is 5.32 Å². The Kier molecular flexibility index (Phi) is 9.71. The minimum atomic E-state index is -0.667. The number of carbonyl (C=O) groups excluding carboxylic acids is 2. The van der Waals surface area contributed by atoms with Crippen LogP contribution in [-0.4, -0.2) is 35.1 Å². The van der Waals surface area contributed by atoms with Crippen LogP contribution in [0.3, 0.4) is 0 Å². The molecule has 2 amide bonds. The number of carbonyl (C=O) groups is 2. The normalized spacial score (nSPS) is 11.6. The molecule has 0 radical (unpaired) electrons. The van der Waals surface area contributed by atoms with Crippen LogP contribution in [-0.2, 0) is 28.3 Å². The van der Waals surface area contributed by atoms with Gasteiger partial charge in [0, 0.05) is 25.3 Å². The van der Waals surface area contributed by atoms with Crippen molar-refractivity contribution in [3.05, 3.63) is 107 Å². The zero-order chi connectivity index (χ0) is 24.3. The number of aryl methyl sites for hydroxylation is 1. The number of rotatable bonds is 11. The van der Waals surface area contributed by atoms with Crippen molar-refractivity contribution in [1.82, 2.24) is 10.2 Å². The lowest BCUT2D eigenvalue weighted by Crippen LogP contribution is -2.51. The summed E-state index contributed by atoms with van der Waals surface area (Å²) < 4.78 is 13.5. The van der Waals surface area contributed by atoms with Gasteiger partial charge in [-0.1, -0.05) is 72.3 Å². The van der Waals surface area contributed by atoms with Crippen LogP contribution in [0.4, 0.5) is 4.39 Å². The summed E-state index contributed by atoms with van der Waals surface area (Å²) in [7, 11) is 0. The summed E-state index contributed by atoms with van der Waals surface area (Å²) in [6, 6.07) is 23.3. The highest BCUT2D eigenvalue weighted by Gasteiger charge is 2.30. The molecule has 3 rings (SSSR count). The lowest BCUT2D eigenvalue weighted by atomic mass is 10.0. The van der Waals surface area contributed by atoms with E-state index in [1.54, 1.807) is 17.0 Å². The van der Waals surface area contributed by atoms with Crippen molar-refractivity contribution in [3.8, 4) is 0 Å². The Morgan fingerprint density at radius 2 is 1.56 bits per heavy atom. The van der Waals surface area contributed by atoms with Gasteiger partial charge >= 0.3 is 0 Å². The number of hydrogen-bond acceptors (Lipinski definition) is 3. The Hall–Kier alpha value is -3.12. The van der Waals surface area contributed by atoms with Crippen LogP contribution in [0.25, 0.3) is 0 Å². The average molecular weight is 479 g/mol. The first kappa shape index (κ1) is 25.5. The Labute approximate surface area is 205 Å². The molecule has 4 nitrogen and oxygen atoms in total. The van der Waals surface area contributed by atoms with Gasteiger partial charge in [0.25, 0.3) is 0 Å². The van der Waals surface area contributed by atoms with Gasteiger partial charge in [-0.2, -0.15) is 0 Å². The van der Waals surface area contributed by atoms with E-state index in [4.69, 9.17) is 0 Å². The summed E-state index contributed by atoms with van der Waals surface area (Å²) in [5.74, 6) is 0.319. The molecule has 0 unspecified atom stereocenters. The number of thioether (sulfide) groups is 1. The van der Waals surface area contributed by atoms with Crippen LogP contribution >= 0.6 is 11.8 Å². The monoisotopic (exact) mass is 478 g/mol. The first-order valence-corrected chi connectivity index (χ1v) is 12.6. The maximum absolute atomic E-state index is 13.5. The number of nitrogens with zero attached hydrogens (tertiary/aromatic N) is 1. The van der Waals surface area contributed by atoms with E-state index >= 15 is 0 Å². The first-order valence-electron chi connectivity index (χ1n) is 11.4. The molecule has 0 aliphatic carbocycles. The van der Waals surface area contributed by atoms with Gasteiger partial charge in [-0.25, -0.2) is 4.39 Å². The zero-order valence-electron chi connectivity index (χ0n) is 19.7. The van der Waals surface area contributed by atoms with E-state index < -0.39 is 6.04 Å². The maximum atomic E-state index is 13.5. The van der Waals surface area contributed by atoms with E-state index in [2.05, 4.69) is 29.6 Å². The van der Waals surface area contributed by atoms with Crippen molar-refractivity contribution >= 4 is 23.6 Å². The Morgan fingerprint density at radius 1 is 0.912 bits per heavy atom. The Morgan fingerprint density at radius 3 is 2.21 bits per heavy atom. The number of hydrogen-bond donors (Lipinski definition) is 1. The SMILES string of the molecule is CCNC(=O)[C@@H](Cc1ccccc1)N(Cc1ccc(F)cc1)C(=O)CSCc1ccc(C)cc1. The van der Waals surface area contributed by atoms with Crippen molar-refractivity contribution in [2.24, 2.45) is 0 Å². The standard InChI is InChI=1S/C28H31FN2O2S/c1-3-30-28(33)26(17-22-7-5-4-6-8-22)31(18-23-13-15-25(29)16-14-23)27(32)20-34-19-24-11-9-21(2)10-12-24/h4-16,26H,3,17-20H2,1-2H3,(H,30,33)/t26-/m1/s1. The molecule has 34 heavy (non-hydrogen) atoms. The van der Waals surface area contributed by atoms with Gasteiger partial charge in [0.05, 0.1) is 5.75 Å². The third-order valence-electron chi connectivity index (χ3n) is 5.50. The number of halogens is 1. The lowest BCUT2D eigenvalue weighted by molar-refractivity contribution is -0.139. The van der Waals surface area contributed by atoms with Crippen LogP contribution in [0.15, 0.2) is 78.9 Å². The lowest BCUT2D eigenvalue weighted by Gasteiger charge is -2.31. The second-order valence-corrected chi connectivity index (χ2v) is 9.21. The van der Waals surface area contributed by atoms with Crippen LogP contribution in [0.2, 0.25) is 0 Å². The van der Waals surface area contributed by atoms with Crippen molar-refractivity contribution in [2.75, 3.05) is 12.3 Å². The molecule has 0 bridgehead atoms. The summed E-state index contributed by atoms with van der Waals surface area (Å²) in [6.45, 7) is 4.62. The van der Waals surface area contributed by atoms with Crippen LogP contribution in [0.1, 0.15) is 29.2 Å². The summed E-state index contributed by atoms with van der Waals surface area (Å²) in [6.07, 6.45) is 0.405. The fourth-order valence-corrected chi connectivity index (χ4v) is 4.53. The van der Waals surface area contributed by atoms with E-state index in [1.807, 2.05) is 44.2 Å². The van der Waals surface area contributed by atoms with E-state index in [1.165, 1.54) is 29.5 Å². The molecule has 0 heterocycles. The van der Waals surface area contributed by atoms with Gasteiger partial charge in [0.2, 0.25) is 11.8 Å². The first-order chi connectivity index (χ1) is 16.5. The highest BCUT2D eigenvalue weighted by molar-refractivity contribution is 7.99. The largest absolute Gasteiger partial charge is 0.355 e. The fourth-order valence-electron chi connectivity index (χ4n) is 3.66. The van der Waals surface area contributed by atoms with E-state index in [-0.39, 0.29) is 29.9 Å². The molecular weight excluding hydrogens is 447 g/mol. The number of likely N-dealkylation sites (N-methyl/N-ethyl adjacent to an activating group) is 1. The molecule has 0 aliphatic rings. The minimum Gasteiger partial charge on any atom is -0.355 e. The predicted octanol–water partition coefficient (Wildman–Crippen LogP) is 5.14. The number of benzene rings is 3. The van der Waals surface area contributed by atoms with Gasteiger partial charge in [0.15, 0.2) is 0 Å². The van der Waals surface area contributed by atoms with Gasteiger partial charge in [0.1, 0.15) is 11.9 Å². The van der Waals surface area contributed by atoms with Gasteiger partial charge < -0.3 is 10.2 Å². The molecule has 0 saturated carbocycles. The second-order valence-electron chi connectivity index (χ2n) is 8.23. The molecule has 0 saturated heterocycles. The predicted molar refractivity (Wildman–Crippen MR) is 137 cm³/mol. The smallest absolute Gasteiger partial charge is 0.243 e. The molecule has 3 aromatic rings. The Balaban J connectivity index is 1.81.